The maximum atomic E-state index is 12.4. The third-order valence-corrected chi connectivity index (χ3v) is 4.45. The van der Waals surface area contributed by atoms with Crippen molar-refractivity contribution in [2.24, 2.45) is 11.3 Å². The van der Waals surface area contributed by atoms with Crippen LogP contribution in [0.4, 0.5) is 0 Å². The minimum atomic E-state index is -1.30. The first kappa shape index (κ1) is 17.0. The van der Waals surface area contributed by atoms with Gasteiger partial charge in [-0.2, -0.15) is 0 Å². The largest absolute Gasteiger partial charge is 0.468 e. The lowest BCUT2D eigenvalue weighted by Gasteiger charge is -2.37. The van der Waals surface area contributed by atoms with Crippen LogP contribution in [0, 0.1) is 11.3 Å². The van der Waals surface area contributed by atoms with Crippen LogP contribution in [0.3, 0.4) is 0 Å². The second-order valence-electron chi connectivity index (χ2n) is 5.95. The van der Waals surface area contributed by atoms with Crippen LogP contribution < -0.4 is 0 Å². The zero-order valence-electron chi connectivity index (χ0n) is 13.8. The van der Waals surface area contributed by atoms with Gasteiger partial charge in [-0.05, 0) is 35.5 Å². The molecule has 0 bridgehead atoms. The molecule has 1 atom stereocenters. The Morgan fingerprint density at radius 1 is 1.17 bits per heavy atom. The number of benzene rings is 1. The van der Waals surface area contributed by atoms with Crippen molar-refractivity contribution in [3.05, 3.63) is 53.6 Å². The number of allylic oxidation sites excluding steroid dienone is 2. The van der Waals surface area contributed by atoms with Crippen molar-refractivity contribution in [2.75, 3.05) is 14.2 Å². The maximum Gasteiger partial charge on any atom is 0.323 e. The number of hydrogen-bond donors (Lipinski definition) is 0. The molecule has 1 aromatic rings. The fourth-order valence-electron chi connectivity index (χ4n) is 3.15. The fraction of sp³-hybridized carbons (Fsp3) is 0.368. The van der Waals surface area contributed by atoms with Gasteiger partial charge in [0.2, 0.25) is 0 Å². The summed E-state index contributed by atoms with van der Waals surface area (Å²) in [5.74, 6) is -1.12. The first-order valence-electron chi connectivity index (χ1n) is 7.56. The van der Waals surface area contributed by atoms with Crippen molar-refractivity contribution >= 4 is 18.0 Å². The number of hydrogen-bond acceptors (Lipinski definition) is 4. The highest BCUT2D eigenvalue weighted by atomic mass is 16.5. The zero-order chi connectivity index (χ0) is 17.0. The van der Waals surface area contributed by atoms with E-state index in [1.165, 1.54) is 14.2 Å². The monoisotopic (exact) mass is 314 g/mol. The van der Waals surface area contributed by atoms with Gasteiger partial charge >= 0.3 is 11.9 Å². The van der Waals surface area contributed by atoms with Crippen LogP contribution in [0.2, 0.25) is 0 Å². The van der Waals surface area contributed by atoms with Crippen molar-refractivity contribution in [2.45, 2.75) is 19.8 Å². The van der Waals surface area contributed by atoms with Crippen molar-refractivity contribution in [3.8, 4) is 0 Å². The molecule has 1 fully saturated rings. The summed E-state index contributed by atoms with van der Waals surface area (Å²) in [5.41, 5.74) is 1.52. The fourth-order valence-corrected chi connectivity index (χ4v) is 3.15. The van der Waals surface area contributed by atoms with Crippen LogP contribution in [-0.2, 0) is 19.1 Å². The molecule has 2 rings (SSSR count). The summed E-state index contributed by atoms with van der Waals surface area (Å²) < 4.78 is 9.80. The van der Waals surface area contributed by atoms with E-state index < -0.39 is 17.4 Å². The van der Waals surface area contributed by atoms with Gasteiger partial charge in [0.1, 0.15) is 0 Å². The number of ether oxygens (including phenoxy) is 2. The van der Waals surface area contributed by atoms with E-state index in [-0.39, 0.29) is 12.3 Å². The van der Waals surface area contributed by atoms with Gasteiger partial charge in [-0.15, -0.1) is 0 Å². The van der Waals surface area contributed by atoms with E-state index in [1.54, 1.807) is 0 Å². The van der Waals surface area contributed by atoms with Gasteiger partial charge in [-0.25, -0.2) is 0 Å². The molecule has 0 N–H and O–H groups in total. The summed E-state index contributed by atoms with van der Waals surface area (Å²) in [4.78, 5) is 24.7. The SMILES string of the molecule is C=C1/C(=C/c2ccccc2)CC(C(=O)OC)(C(=O)OC)CC1C. The highest BCUT2D eigenvalue weighted by molar-refractivity contribution is 6.01. The Kier molecular flexibility index (Phi) is 5.04. The van der Waals surface area contributed by atoms with Gasteiger partial charge in [0, 0.05) is 0 Å². The van der Waals surface area contributed by atoms with Crippen molar-refractivity contribution in [1.29, 1.82) is 0 Å². The Labute approximate surface area is 136 Å². The van der Waals surface area contributed by atoms with E-state index in [1.807, 2.05) is 43.3 Å². The third-order valence-electron chi connectivity index (χ3n) is 4.45. The lowest BCUT2D eigenvalue weighted by molar-refractivity contribution is -0.171. The Morgan fingerprint density at radius 3 is 2.26 bits per heavy atom. The molecule has 23 heavy (non-hydrogen) atoms. The summed E-state index contributed by atoms with van der Waals surface area (Å²) >= 11 is 0. The molecule has 0 heterocycles. The molecule has 1 aliphatic rings. The van der Waals surface area contributed by atoms with Crippen molar-refractivity contribution in [3.63, 3.8) is 0 Å². The molecular formula is C19H22O4. The van der Waals surface area contributed by atoms with E-state index in [2.05, 4.69) is 6.58 Å². The molecule has 0 radical (unpaired) electrons. The zero-order valence-corrected chi connectivity index (χ0v) is 13.8. The average Bonchev–Trinajstić information content (AvgIpc) is 2.58. The number of carbonyl (C=O) groups excluding carboxylic acids is 2. The molecule has 4 nitrogen and oxygen atoms in total. The summed E-state index contributed by atoms with van der Waals surface area (Å²) in [6.45, 7) is 6.10. The van der Waals surface area contributed by atoms with E-state index >= 15 is 0 Å². The highest BCUT2D eigenvalue weighted by Crippen LogP contribution is 2.46. The molecule has 0 aromatic heterocycles. The van der Waals surface area contributed by atoms with Crippen LogP contribution in [0.25, 0.3) is 6.08 Å². The molecule has 0 spiro atoms. The molecule has 1 saturated carbocycles. The van der Waals surface area contributed by atoms with Gasteiger partial charge in [-0.3, -0.25) is 9.59 Å². The average molecular weight is 314 g/mol. The molecule has 122 valence electrons. The van der Waals surface area contributed by atoms with Crippen LogP contribution >= 0.6 is 0 Å². The second-order valence-corrected chi connectivity index (χ2v) is 5.95. The number of carbonyl (C=O) groups is 2. The molecule has 0 saturated heterocycles. The summed E-state index contributed by atoms with van der Waals surface area (Å²) in [7, 11) is 2.59. The third kappa shape index (κ3) is 3.21. The molecule has 1 aliphatic carbocycles. The van der Waals surface area contributed by atoms with Crippen LogP contribution in [0.15, 0.2) is 48.1 Å². The lowest BCUT2D eigenvalue weighted by Crippen LogP contribution is -2.45. The topological polar surface area (TPSA) is 52.6 Å². The smallest absolute Gasteiger partial charge is 0.323 e. The Hall–Kier alpha value is -2.36. The number of rotatable bonds is 3. The van der Waals surface area contributed by atoms with Gasteiger partial charge < -0.3 is 9.47 Å². The summed E-state index contributed by atoms with van der Waals surface area (Å²) in [5, 5.41) is 0. The van der Waals surface area contributed by atoms with E-state index in [0.29, 0.717) is 6.42 Å². The minimum Gasteiger partial charge on any atom is -0.468 e. The molecular weight excluding hydrogens is 292 g/mol. The first-order valence-corrected chi connectivity index (χ1v) is 7.56. The highest BCUT2D eigenvalue weighted by Gasteiger charge is 2.52. The summed E-state index contributed by atoms with van der Waals surface area (Å²) in [6, 6.07) is 9.76. The molecule has 1 aromatic carbocycles. The molecule has 0 amide bonds. The quantitative estimate of drug-likeness (QED) is 0.634. The van der Waals surface area contributed by atoms with Gasteiger partial charge in [-0.1, -0.05) is 49.9 Å². The van der Waals surface area contributed by atoms with Crippen LogP contribution in [0.1, 0.15) is 25.3 Å². The molecule has 4 heteroatoms. The minimum absolute atomic E-state index is 0.0167. The van der Waals surface area contributed by atoms with Crippen LogP contribution in [0.5, 0.6) is 0 Å². The van der Waals surface area contributed by atoms with E-state index in [9.17, 15) is 9.59 Å². The molecule has 1 unspecified atom stereocenters. The Balaban J connectivity index is 2.48. The second kappa shape index (κ2) is 6.82. The van der Waals surface area contributed by atoms with E-state index in [4.69, 9.17) is 9.47 Å². The Morgan fingerprint density at radius 2 is 1.74 bits per heavy atom. The number of esters is 2. The first-order chi connectivity index (χ1) is 10.9. The lowest BCUT2D eigenvalue weighted by atomic mass is 9.66. The van der Waals surface area contributed by atoms with Crippen molar-refractivity contribution < 1.29 is 19.1 Å². The predicted molar refractivity (Wildman–Crippen MR) is 88.4 cm³/mol. The molecule has 0 aliphatic heterocycles. The predicted octanol–water partition coefficient (Wildman–Crippen LogP) is 3.39. The Bertz CT molecular complexity index is 627. The van der Waals surface area contributed by atoms with Crippen molar-refractivity contribution in [1.82, 2.24) is 0 Å². The normalized spacial score (nSPS) is 21.8. The van der Waals surface area contributed by atoms with Gasteiger partial charge in [0.05, 0.1) is 14.2 Å². The van der Waals surface area contributed by atoms with E-state index in [0.717, 1.165) is 16.7 Å². The standard InChI is InChI=1S/C19H22O4/c1-13-11-19(17(20)22-3,18(21)23-4)12-16(14(13)2)10-15-8-6-5-7-9-15/h5-10,13H,2,11-12H2,1,3-4H3/b16-10+. The summed E-state index contributed by atoms with van der Waals surface area (Å²) in [6.07, 6.45) is 2.56. The van der Waals surface area contributed by atoms with Gasteiger partial charge in [0.25, 0.3) is 0 Å². The number of methoxy groups -OCH3 is 2. The maximum absolute atomic E-state index is 12.4. The van der Waals surface area contributed by atoms with Crippen LogP contribution in [-0.4, -0.2) is 26.2 Å². The van der Waals surface area contributed by atoms with Gasteiger partial charge in [0.15, 0.2) is 5.41 Å².